The minimum atomic E-state index is -0.644. The molecule has 0 aliphatic carbocycles. The number of carbonyl (C=O) groups is 1. The van der Waals surface area contributed by atoms with Gasteiger partial charge in [0.1, 0.15) is 11.3 Å². The van der Waals surface area contributed by atoms with E-state index in [9.17, 15) is 14.7 Å². The number of aliphatic hydroxyl groups is 1. The Labute approximate surface area is 163 Å². The average Bonchev–Trinajstić information content (AvgIpc) is 2.95. The summed E-state index contributed by atoms with van der Waals surface area (Å²) in [4.78, 5) is 27.6. The SMILES string of the molecule is COc1cccc([C@H]2c3c(oc4ccc(Br)cc4c3=O)C(=O)N2CCO)c1. The minimum absolute atomic E-state index is 0.0242. The lowest BCUT2D eigenvalue weighted by Gasteiger charge is -2.24. The molecular weight excluding hydrogens is 414 g/mol. The average molecular weight is 430 g/mol. The van der Waals surface area contributed by atoms with Crippen molar-refractivity contribution in [3.05, 3.63) is 74.0 Å². The van der Waals surface area contributed by atoms with E-state index in [-0.39, 0.29) is 29.9 Å². The highest BCUT2D eigenvalue weighted by molar-refractivity contribution is 9.10. The van der Waals surface area contributed by atoms with E-state index in [0.717, 1.165) is 10.0 Å². The highest BCUT2D eigenvalue weighted by Crippen LogP contribution is 2.38. The van der Waals surface area contributed by atoms with Gasteiger partial charge in [0.2, 0.25) is 5.76 Å². The van der Waals surface area contributed by atoms with Gasteiger partial charge in [0, 0.05) is 11.0 Å². The number of rotatable bonds is 4. The first-order valence-corrected chi connectivity index (χ1v) is 9.16. The zero-order chi connectivity index (χ0) is 19.1. The van der Waals surface area contributed by atoms with Crippen molar-refractivity contribution in [3.63, 3.8) is 0 Å². The van der Waals surface area contributed by atoms with Crippen LogP contribution in [0.15, 0.2) is 56.1 Å². The molecule has 7 heteroatoms. The standard InChI is InChI=1S/C20H16BrNO5/c1-26-13-4-2-3-11(9-13)17-16-18(24)14-10-12(21)5-6-15(14)27-19(16)20(25)22(17)7-8-23/h2-6,9-10,17,23H,7-8H2,1H3/t17-/m0/s1. The van der Waals surface area contributed by atoms with Gasteiger partial charge in [-0.15, -0.1) is 0 Å². The number of nitrogens with zero attached hydrogens (tertiary/aromatic N) is 1. The molecule has 1 aromatic heterocycles. The predicted octanol–water partition coefficient (Wildman–Crippen LogP) is 3.10. The summed E-state index contributed by atoms with van der Waals surface area (Å²) in [6.07, 6.45) is 0. The second kappa shape index (κ2) is 6.83. The maximum atomic E-state index is 13.3. The molecule has 1 atom stereocenters. The number of benzene rings is 2. The van der Waals surface area contributed by atoms with Gasteiger partial charge in [0.15, 0.2) is 5.43 Å². The molecule has 0 radical (unpaired) electrons. The van der Waals surface area contributed by atoms with Crippen LogP contribution in [0, 0.1) is 0 Å². The Hall–Kier alpha value is -2.64. The van der Waals surface area contributed by atoms with Gasteiger partial charge in [0.05, 0.1) is 30.7 Å². The van der Waals surface area contributed by atoms with Crippen LogP contribution in [0.3, 0.4) is 0 Å². The number of β-amino-alcohol motifs (C(OH)–C–C–N with tert-alkyl or cyclic N) is 1. The molecule has 0 saturated carbocycles. The van der Waals surface area contributed by atoms with E-state index >= 15 is 0 Å². The third-order valence-electron chi connectivity index (χ3n) is 4.68. The van der Waals surface area contributed by atoms with Crippen LogP contribution in [0.4, 0.5) is 0 Å². The number of fused-ring (bicyclic) bond motifs is 2. The zero-order valence-electron chi connectivity index (χ0n) is 14.4. The highest BCUT2D eigenvalue weighted by Gasteiger charge is 2.42. The van der Waals surface area contributed by atoms with Gasteiger partial charge in [-0.1, -0.05) is 28.1 Å². The van der Waals surface area contributed by atoms with Crippen LogP contribution in [0.5, 0.6) is 5.75 Å². The van der Waals surface area contributed by atoms with Crippen molar-refractivity contribution in [2.45, 2.75) is 6.04 Å². The summed E-state index contributed by atoms with van der Waals surface area (Å²) in [5.41, 5.74) is 1.10. The maximum absolute atomic E-state index is 13.3. The molecule has 1 amide bonds. The summed E-state index contributed by atoms with van der Waals surface area (Å²) >= 11 is 3.37. The normalized spacial score (nSPS) is 16.0. The second-order valence-electron chi connectivity index (χ2n) is 6.22. The van der Waals surface area contributed by atoms with Crippen LogP contribution < -0.4 is 10.2 Å². The molecule has 1 N–H and O–H groups in total. The Morgan fingerprint density at radius 3 is 2.78 bits per heavy atom. The quantitative estimate of drug-likeness (QED) is 0.688. The van der Waals surface area contributed by atoms with Gasteiger partial charge in [-0.05, 0) is 35.9 Å². The van der Waals surface area contributed by atoms with E-state index in [0.29, 0.717) is 16.7 Å². The molecule has 2 heterocycles. The Morgan fingerprint density at radius 1 is 1.22 bits per heavy atom. The van der Waals surface area contributed by atoms with Crippen LogP contribution in [0.2, 0.25) is 0 Å². The molecule has 27 heavy (non-hydrogen) atoms. The lowest BCUT2D eigenvalue weighted by molar-refractivity contribution is 0.0691. The molecule has 0 bridgehead atoms. The fraction of sp³-hybridized carbons (Fsp3) is 0.200. The molecule has 1 aliphatic rings. The van der Waals surface area contributed by atoms with Crippen molar-refractivity contribution in [3.8, 4) is 5.75 Å². The summed E-state index contributed by atoms with van der Waals surface area (Å²) in [5.74, 6) is 0.232. The summed E-state index contributed by atoms with van der Waals surface area (Å²) in [7, 11) is 1.55. The molecule has 6 nitrogen and oxygen atoms in total. The molecule has 2 aromatic carbocycles. The third-order valence-corrected chi connectivity index (χ3v) is 5.17. The van der Waals surface area contributed by atoms with Gasteiger partial charge < -0.3 is 19.2 Å². The topological polar surface area (TPSA) is 80.0 Å². The van der Waals surface area contributed by atoms with E-state index in [1.165, 1.54) is 4.90 Å². The Balaban J connectivity index is 2.01. The smallest absolute Gasteiger partial charge is 0.290 e. The number of hydrogen-bond donors (Lipinski definition) is 1. The lowest BCUT2D eigenvalue weighted by atomic mass is 9.98. The van der Waals surface area contributed by atoms with E-state index < -0.39 is 11.9 Å². The van der Waals surface area contributed by atoms with Crippen molar-refractivity contribution in [2.75, 3.05) is 20.3 Å². The van der Waals surface area contributed by atoms with Crippen LogP contribution in [-0.4, -0.2) is 36.2 Å². The number of ether oxygens (including phenoxy) is 1. The van der Waals surface area contributed by atoms with Crippen LogP contribution in [0.25, 0.3) is 11.0 Å². The molecule has 1 aliphatic heterocycles. The number of halogens is 1. The molecule has 4 rings (SSSR count). The molecule has 3 aromatic rings. The van der Waals surface area contributed by atoms with Crippen LogP contribution in [-0.2, 0) is 0 Å². The zero-order valence-corrected chi connectivity index (χ0v) is 16.0. The van der Waals surface area contributed by atoms with Crippen LogP contribution >= 0.6 is 15.9 Å². The van der Waals surface area contributed by atoms with Crippen molar-refractivity contribution in [1.82, 2.24) is 4.90 Å². The molecule has 0 fully saturated rings. The monoisotopic (exact) mass is 429 g/mol. The molecule has 0 unspecified atom stereocenters. The number of amides is 1. The van der Waals surface area contributed by atoms with Crippen molar-refractivity contribution >= 4 is 32.8 Å². The first-order chi connectivity index (χ1) is 13.0. The van der Waals surface area contributed by atoms with Gasteiger partial charge in [0.25, 0.3) is 5.91 Å². The Bertz CT molecular complexity index is 1110. The van der Waals surface area contributed by atoms with E-state index in [2.05, 4.69) is 15.9 Å². The lowest BCUT2D eigenvalue weighted by Crippen LogP contribution is -2.32. The molecular formula is C20H16BrNO5. The molecule has 0 saturated heterocycles. The summed E-state index contributed by atoms with van der Waals surface area (Å²) in [5, 5.41) is 9.85. The van der Waals surface area contributed by atoms with Gasteiger partial charge in [-0.25, -0.2) is 0 Å². The third kappa shape index (κ3) is 2.83. The van der Waals surface area contributed by atoms with Gasteiger partial charge in [-0.3, -0.25) is 9.59 Å². The first-order valence-electron chi connectivity index (χ1n) is 8.37. The summed E-state index contributed by atoms with van der Waals surface area (Å²) < 4.78 is 11.8. The number of hydrogen-bond acceptors (Lipinski definition) is 5. The van der Waals surface area contributed by atoms with Gasteiger partial charge >= 0.3 is 0 Å². The minimum Gasteiger partial charge on any atom is -0.497 e. The summed E-state index contributed by atoms with van der Waals surface area (Å²) in [6.45, 7) is -0.135. The fourth-order valence-corrected chi connectivity index (χ4v) is 3.85. The molecule has 0 spiro atoms. The van der Waals surface area contributed by atoms with E-state index in [4.69, 9.17) is 9.15 Å². The number of aliphatic hydroxyl groups excluding tert-OH is 1. The maximum Gasteiger partial charge on any atom is 0.290 e. The van der Waals surface area contributed by atoms with E-state index in [1.54, 1.807) is 43.5 Å². The molecule has 138 valence electrons. The van der Waals surface area contributed by atoms with Crippen LogP contribution in [0.1, 0.15) is 27.7 Å². The van der Waals surface area contributed by atoms with Crippen molar-refractivity contribution < 1.29 is 19.1 Å². The van der Waals surface area contributed by atoms with Crippen molar-refractivity contribution in [1.29, 1.82) is 0 Å². The number of carbonyl (C=O) groups excluding carboxylic acids is 1. The predicted molar refractivity (Wildman–Crippen MR) is 103 cm³/mol. The fourth-order valence-electron chi connectivity index (χ4n) is 3.49. The van der Waals surface area contributed by atoms with E-state index in [1.807, 2.05) is 6.07 Å². The Morgan fingerprint density at radius 2 is 2.04 bits per heavy atom. The number of methoxy groups -OCH3 is 1. The first kappa shape index (κ1) is 17.8. The largest absolute Gasteiger partial charge is 0.497 e. The van der Waals surface area contributed by atoms with Gasteiger partial charge in [-0.2, -0.15) is 0 Å². The Kier molecular flexibility index (Phi) is 4.49. The second-order valence-corrected chi connectivity index (χ2v) is 7.13. The van der Waals surface area contributed by atoms with Crippen molar-refractivity contribution in [2.24, 2.45) is 0 Å². The highest BCUT2D eigenvalue weighted by atomic mass is 79.9. The summed E-state index contributed by atoms with van der Waals surface area (Å²) in [6, 6.07) is 11.6.